The van der Waals surface area contributed by atoms with Crippen LogP contribution >= 0.6 is 0 Å². The summed E-state index contributed by atoms with van der Waals surface area (Å²) in [5, 5.41) is 8.60. The highest BCUT2D eigenvalue weighted by Crippen LogP contribution is 2.29. The summed E-state index contributed by atoms with van der Waals surface area (Å²) in [5.74, 6) is 1.21. The quantitative estimate of drug-likeness (QED) is 0.728. The lowest BCUT2D eigenvalue weighted by Gasteiger charge is -2.10. The first-order valence-electron chi connectivity index (χ1n) is 7.35. The van der Waals surface area contributed by atoms with Gasteiger partial charge in [0.25, 0.3) is 0 Å². The predicted molar refractivity (Wildman–Crippen MR) is 87.4 cm³/mol. The molecule has 0 spiro atoms. The van der Waals surface area contributed by atoms with E-state index in [1.54, 1.807) is 11.8 Å². The number of hydrogen-bond acceptors (Lipinski definition) is 3. The fraction of sp³-hybridized carbons (Fsp3) is 0.222. The average molecular weight is 293 g/mol. The van der Waals surface area contributed by atoms with Crippen LogP contribution in [-0.2, 0) is 0 Å². The first kappa shape index (κ1) is 14.3. The van der Waals surface area contributed by atoms with Gasteiger partial charge in [0.05, 0.1) is 13.3 Å². The zero-order valence-electron chi connectivity index (χ0n) is 13.0. The minimum Gasteiger partial charge on any atom is -0.494 e. The summed E-state index contributed by atoms with van der Waals surface area (Å²) in [6.07, 6.45) is 1.94. The second-order valence-corrected chi connectivity index (χ2v) is 5.46. The second-order valence-electron chi connectivity index (χ2n) is 5.46. The molecule has 0 aliphatic rings. The Kier molecular flexibility index (Phi) is 3.92. The molecular weight excluding hydrogens is 274 g/mol. The largest absolute Gasteiger partial charge is 0.494 e. The molecule has 1 heterocycles. The molecule has 0 N–H and O–H groups in total. The molecule has 22 heavy (non-hydrogen) atoms. The number of methoxy groups -OCH3 is 1. The molecule has 1 aromatic heterocycles. The third-order valence-electron chi connectivity index (χ3n) is 3.68. The van der Waals surface area contributed by atoms with E-state index in [1.807, 2.05) is 36.5 Å². The number of para-hydroxylation sites is 2. The second kappa shape index (κ2) is 6.02. The van der Waals surface area contributed by atoms with E-state index in [0.29, 0.717) is 5.92 Å². The van der Waals surface area contributed by atoms with Crippen LogP contribution in [0.25, 0.3) is 16.9 Å². The van der Waals surface area contributed by atoms with Crippen molar-refractivity contribution >= 4 is 0 Å². The maximum absolute atomic E-state index is 5.39. The van der Waals surface area contributed by atoms with Gasteiger partial charge in [0.15, 0.2) is 0 Å². The Balaban J connectivity index is 2.05. The minimum atomic E-state index is 0.438. The van der Waals surface area contributed by atoms with Crippen molar-refractivity contribution < 1.29 is 4.74 Å². The monoisotopic (exact) mass is 293 g/mol. The zero-order chi connectivity index (χ0) is 15.5. The molecular formula is C18H19N3O. The van der Waals surface area contributed by atoms with E-state index in [0.717, 1.165) is 22.7 Å². The molecule has 0 amide bonds. The van der Waals surface area contributed by atoms with Crippen LogP contribution in [0.2, 0.25) is 0 Å². The lowest BCUT2D eigenvalue weighted by atomic mass is 9.96. The molecule has 0 bridgehead atoms. The van der Waals surface area contributed by atoms with Crippen LogP contribution in [-0.4, -0.2) is 22.1 Å². The first-order chi connectivity index (χ1) is 10.7. The van der Waals surface area contributed by atoms with Gasteiger partial charge < -0.3 is 4.74 Å². The van der Waals surface area contributed by atoms with Crippen LogP contribution in [0.3, 0.4) is 0 Å². The highest BCUT2D eigenvalue weighted by atomic mass is 16.5. The van der Waals surface area contributed by atoms with E-state index in [9.17, 15) is 0 Å². The summed E-state index contributed by atoms with van der Waals surface area (Å²) in [5.41, 5.74) is 4.15. The molecule has 0 saturated carbocycles. The Morgan fingerprint density at radius 3 is 2.50 bits per heavy atom. The number of rotatable bonds is 4. The minimum absolute atomic E-state index is 0.438. The number of aromatic nitrogens is 3. The average Bonchev–Trinajstić information content (AvgIpc) is 3.04. The molecule has 0 aliphatic heterocycles. The fourth-order valence-corrected chi connectivity index (χ4v) is 2.56. The van der Waals surface area contributed by atoms with Gasteiger partial charge in [0.1, 0.15) is 17.1 Å². The highest BCUT2D eigenvalue weighted by Gasteiger charge is 2.13. The molecule has 0 aliphatic carbocycles. The van der Waals surface area contributed by atoms with E-state index in [1.165, 1.54) is 5.56 Å². The van der Waals surface area contributed by atoms with Crippen LogP contribution in [0, 0.1) is 0 Å². The van der Waals surface area contributed by atoms with Gasteiger partial charge in [-0.2, -0.15) is 0 Å². The van der Waals surface area contributed by atoms with Crippen molar-refractivity contribution in [2.45, 2.75) is 19.8 Å². The van der Waals surface area contributed by atoms with Crippen LogP contribution in [0.5, 0.6) is 5.75 Å². The summed E-state index contributed by atoms with van der Waals surface area (Å²) in [6, 6.07) is 16.1. The Labute approximate surface area is 130 Å². The Bertz CT molecular complexity index is 777. The van der Waals surface area contributed by atoms with Crippen molar-refractivity contribution in [1.82, 2.24) is 15.0 Å². The van der Waals surface area contributed by atoms with Crippen molar-refractivity contribution in [3.63, 3.8) is 0 Å². The topological polar surface area (TPSA) is 39.9 Å². The van der Waals surface area contributed by atoms with Gasteiger partial charge in [-0.1, -0.05) is 55.5 Å². The molecule has 3 aromatic rings. The van der Waals surface area contributed by atoms with Gasteiger partial charge in [0, 0.05) is 5.56 Å². The lowest BCUT2D eigenvalue weighted by Crippen LogP contribution is -1.98. The smallest absolute Gasteiger partial charge is 0.144 e. The number of nitrogens with zero attached hydrogens (tertiary/aromatic N) is 3. The summed E-state index contributed by atoms with van der Waals surface area (Å²) < 4.78 is 7.14. The molecule has 4 heteroatoms. The van der Waals surface area contributed by atoms with E-state index in [2.05, 4.69) is 42.4 Å². The van der Waals surface area contributed by atoms with Crippen LogP contribution in [0.15, 0.2) is 54.7 Å². The number of ether oxygens (including phenoxy) is 1. The van der Waals surface area contributed by atoms with E-state index < -0.39 is 0 Å². The van der Waals surface area contributed by atoms with Crippen molar-refractivity contribution in [2.24, 2.45) is 0 Å². The summed E-state index contributed by atoms with van der Waals surface area (Å²) in [4.78, 5) is 0. The molecule has 0 atom stereocenters. The molecule has 0 fully saturated rings. The number of hydrogen-bond donors (Lipinski definition) is 0. The summed E-state index contributed by atoms with van der Waals surface area (Å²) >= 11 is 0. The zero-order valence-corrected chi connectivity index (χ0v) is 13.0. The summed E-state index contributed by atoms with van der Waals surface area (Å²) in [6.45, 7) is 4.37. The normalized spacial score (nSPS) is 10.9. The van der Waals surface area contributed by atoms with Crippen molar-refractivity contribution in [3.8, 4) is 22.7 Å². The third kappa shape index (κ3) is 2.60. The molecule has 0 radical (unpaired) electrons. The Morgan fingerprint density at radius 1 is 1.00 bits per heavy atom. The van der Waals surface area contributed by atoms with E-state index >= 15 is 0 Å². The van der Waals surface area contributed by atoms with Crippen LogP contribution < -0.4 is 4.74 Å². The van der Waals surface area contributed by atoms with Crippen LogP contribution in [0.1, 0.15) is 25.3 Å². The standard InChI is InChI=1S/C18H19N3O/c1-13(2)14-8-4-5-9-15(14)16-12-21(20-19-16)17-10-6-7-11-18(17)22-3/h4-13H,1-3H3. The van der Waals surface area contributed by atoms with Gasteiger partial charge in [0.2, 0.25) is 0 Å². The molecule has 0 saturated heterocycles. The van der Waals surface area contributed by atoms with Gasteiger partial charge in [-0.15, -0.1) is 5.10 Å². The fourth-order valence-electron chi connectivity index (χ4n) is 2.56. The number of benzene rings is 2. The molecule has 3 rings (SSSR count). The van der Waals surface area contributed by atoms with E-state index in [-0.39, 0.29) is 0 Å². The lowest BCUT2D eigenvalue weighted by molar-refractivity contribution is 0.411. The van der Waals surface area contributed by atoms with Crippen LogP contribution in [0.4, 0.5) is 0 Å². The Hall–Kier alpha value is -2.62. The summed E-state index contributed by atoms with van der Waals surface area (Å²) in [7, 11) is 1.66. The van der Waals surface area contributed by atoms with Gasteiger partial charge in [-0.05, 0) is 23.6 Å². The maximum Gasteiger partial charge on any atom is 0.144 e. The predicted octanol–water partition coefficient (Wildman–Crippen LogP) is 4.07. The first-order valence-corrected chi connectivity index (χ1v) is 7.35. The van der Waals surface area contributed by atoms with Crippen molar-refractivity contribution in [2.75, 3.05) is 7.11 Å². The third-order valence-corrected chi connectivity index (χ3v) is 3.68. The molecule has 2 aromatic carbocycles. The van der Waals surface area contributed by atoms with Crippen molar-refractivity contribution in [3.05, 3.63) is 60.3 Å². The SMILES string of the molecule is COc1ccccc1-n1cc(-c2ccccc2C(C)C)nn1. The van der Waals surface area contributed by atoms with Crippen molar-refractivity contribution in [1.29, 1.82) is 0 Å². The molecule has 0 unspecified atom stereocenters. The maximum atomic E-state index is 5.39. The van der Waals surface area contributed by atoms with Gasteiger partial charge >= 0.3 is 0 Å². The highest BCUT2D eigenvalue weighted by molar-refractivity contribution is 5.64. The molecule has 112 valence electrons. The Morgan fingerprint density at radius 2 is 1.73 bits per heavy atom. The van der Waals surface area contributed by atoms with E-state index in [4.69, 9.17) is 4.74 Å². The van der Waals surface area contributed by atoms with Gasteiger partial charge in [-0.25, -0.2) is 4.68 Å². The molecule has 4 nitrogen and oxygen atoms in total. The van der Waals surface area contributed by atoms with Gasteiger partial charge in [-0.3, -0.25) is 0 Å².